The zero-order valence-electron chi connectivity index (χ0n) is 7.77. The van der Waals surface area contributed by atoms with Gasteiger partial charge in [0.2, 0.25) is 0 Å². The zero-order valence-corrected chi connectivity index (χ0v) is 7.77. The number of carbonyl (C=O) groups excluding carboxylic acids is 2. The van der Waals surface area contributed by atoms with E-state index >= 15 is 0 Å². The first kappa shape index (κ1) is 12.2. The van der Waals surface area contributed by atoms with E-state index in [1.165, 1.54) is 6.26 Å². The van der Waals surface area contributed by atoms with Gasteiger partial charge in [-0.3, -0.25) is 0 Å². The minimum absolute atomic E-state index is 0.229. The van der Waals surface area contributed by atoms with Crippen molar-refractivity contribution >= 4 is 11.9 Å². The molecule has 0 radical (unpaired) electrons. The highest BCUT2D eigenvalue weighted by Gasteiger charge is 1.92. The van der Waals surface area contributed by atoms with Gasteiger partial charge >= 0.3 is 11.9 Å². The monoisotopic (exact) mass is 196 g/mol. The van der Waals surface area contributed by atoms with Crippen molar-refractivity contribution in [2.45, 2.75) is 6.42 Å². The molecule has 0 aromatic carbocycles. The molecule has 0 spiro atoms. The largest absolute Gasteiger partial charge is 0.462 e. The van der Waals surface area contributed by atoms with Crippen LogP contribution in [0.3, 0.4) is 0 Å². The number of hydrogen-bond donors (Lipinski definition) is 0. The lowest BCUT2D eigenvalue weighted by atomic mass is 10.4. The molecular formula is C10H12O4. The number of hydrogen-bond acceptors (Lipinski definition) is 4. The Morgan fingerprint density at radius 2 is 1.79 bits per heavy atom. The van der Waals surface area contributed by atoms with E-state index in [0.717, 1.165) is 12.2 Å². The highest BCUT2D eigenvalue weighted by molar-refractivity contribution is 5.81. The number of esters is 2. The first-order valence-electron chi connectivity index (χ1n) is 3.98. The zero-order chi connectivity index (χ0) is 10.8. The van der Waals surface area contributed by atoms with Crippen LogP contribution in [0.2, 0.25) is 0 Å². The van der Waals surface area contributed by atoms with Crippen LogP contribution in [0.15, 0.2) is 37.6 Å². The normalized spacial score (nSPS) is 9.43. The number of rotatable bonds is 6. The second-order valence-electron chi connectivity index (χ2n) is 2.17. The van der Waals surface area contributed by atoms with Crippen molar-refractivity contribution in [3.05, 3.63) is 37.6 Å². The maximum absolute atomic E-state index is 10.5. The van der Waals surface area contributed by atoms with Crippen LogP contribution in [0.25, 0.3) is 0 Å². The molecule has 14 heavy (non-hydrogen) atoms. The van der Waals surface area contributed by atoms with E-state index in [-0.39, 0.29) is 6.61 Å². The topological polar surface area (TPSA) is 52.6 Å². The van der Waals surface area contributed by atoms with Gasteiger partial charge in [0, 0.05) is 18.6 Å². The van der Waals surface area contributed by atoms with Crippen LogP contribution in [0.4, 0.5) is 0 Å². The van der Waals surface area contributed by atoms with Crippen LogP contribution in [-0.4, -0.2) is 18.5 Å². The lowest BCUT2D eigenvalue weighted by Crippen LogP contribution is -2.00. The van der Waals surface area contributed by atoms with E-state index in [1.54, 1.807) is 6.08 Å². The van der Waals surface area contributed by atoms with E-state index in [0.29, 0.717) is 6.42 Å². The SMILES string of the molecule is C=CC(=O)OC=CCCOC(=O)C=C. The fraction of sp³-hybridized carbons (Fsp3) is 0.200. The molecule has 0 unspecified atom stereocenters. The third kappa shape index (κ3) is 6.84. The van der Waals surface area contributed by atoms with Gasteiger partial charge in [0.25, 0.3) is 0 Å². The molecule has 0 aliphatic rings. The Labute approximate surface area is 82.5 Å². The summed E-state index contributed by atoms with van der Waals surface area (Å²) in [6, 6.07) is 0. The van der Waals surface area contributed by atoms with Gasteiger partial charge in [-0.1, -0.05) is 13.2 Å². The molecule has 0 saturated carbocycles. The molecule has 76 valence electrons. The van der Waals surface area contributed by atoms with Gasteiger partial charge in [-0.15, -0.1) is 0 Å². The summed E-state index contributed by atoms with van der Waals surface area (Å²) in [7, 11) is 0. The van der Waals surface area contributed by atoms with Gasteiger partial charge < -0.3 is 9.47 Å². The van der Waals surface area contributed by atoms with Gasteiger partial charge in [-0.2, -0.15) is 0 Å². The molecule has 0 aromatic rings. The van der Waals surface area contributed by atoms with Gasteiger partial charge in [0.1, 0.15) is 0 Å². The molecule has 0 saturated heterocycles. The van der Waals surface area contributed by atoms with Crippen LogP contribution in [0.1, 0.15) is 6.42 Å². The number of carbonyl (C=O) groups is 2. The summed E-state index contributed by atoms with van der Waals surface area (Å²) in [6.45, 7) is 6.69. The van der Waals surface area contributed by atoms with E-state index in [9.17, 15) is 9.59 Å². The molecule has 0 aliphatic carbocycles. The Hall–Kier alpha value is -1.84. The van der Waals surface area contributed by atoms with Crippen molar-refractivity contribution in [3.8, 4) is 0 Å². The van der Waals surface area contributed by atoms with Crippen molar-refractivity contribution in [1.29, 1.82) is 0 Å². The summed E-state index contributed by atoms with van der Waals surface area (Å²) >= 11 is 0. The van der Waals surface area contributed by atoms with Gasteiger partial charge in [0.15, 0.2) is 0 Å². The first-order valence-corrected chi connectivity index (χ1v) is 3.98. The summed E-state index contributed by atoms with van der Waals surface area (Å²) in [5, 5.41) is 0. The third-order valence-electron chi connectivity index (χ3n) is 1.14. The van der Waals surface area contributed by atoms with Gasteiger partial charge in [-0.25, -0.2) is 9.59 Å². The molecule has 0 fully saturated rings. The van der Waals surface area contributed by atoms with E-state index in [2.05, 4.69) is 22.6 Å². The minimum Gasteiger partial charge on any atom is -0.462 e. The fourth-order valence-corrected chi connectivity index (χ4v) is 0.518. The second-order valence-corrected chi connectivity index (χ2v) is 2.17. The van der Waals surface area contributed by atoms with Crippen molar-refractivity contribution in [2.75, 3.05) is 6.61 Å². The Balaban J connectivity index is 3.44. The van der Waals surface area contributed by atoms with Gasteiger partial charge in [0.05, 0.1) is 12.9 Å². The van der Waals surface area contributed by atoms with Crippen LogP contribution >= 0.6 is 0 Å². The average molecular weight is 196 g/mol. The molecule has 0 amide bonds. The van der Waals surface area contributed by atoms with E-state index in [4.69, 9.17) is 0 Å². The van der Waals surface area contributed by atoms with Crippen LogP contribution < -0.4 is 0 Å². The molecule has 0 aromatic heterocycles. The maximum atomic E-state index is 10.5. The standard InChI is InChI=1S/C10H12O4/c1-3-9(11)13-7-5-6-8-14-10(12)4-2/h3-5,7H,1-2,6,8H2. The average Bonchev–Trinajstić information content (AvgIpc) is 2.22. The molecule has 0 atom stereocenters. The third-order valence-corrected chi connectivity index (χ3v) is 1.14. The second kappa shape index (κ2) is 7.79. The Kier molecular flexibility index (Phi) is 6.77. The van der Waals surface area contributed by atoms with E-state index in [1.807, 2.05) is 0 Å². The molecule has 0 aliphatic heterocycles. The molecule has 4 heteroatoms. The van der Waals surface area contributed by atoms with Gasteiger partial charge in [-0.05, 0) is 6.08 Å². The summed E-state index contributed by atoms with van der Waals surface area (Å²) < 4.78 is 9.18. The highest BCUT2D eigenvalue weighted by Crippen LogP contribution is 1.89. The van der Waals surface area contributed by atoms with Crippen molar-refractivity contribution in [3.63, 3.8) is 0 Å². The maximum Gasteiger partial charge on any atom is 0.334 e. The van der Waals surface area contributed by atoms with Crippen molar-refractivity contribution < 1.29 is 19.1 Å². The van der Waals surface area contributed by atoms with Crippen LogP contribution in [0.5, 0.6) is 0 Å². The van der Waals surface area contributed by atoms with E-state index < -0.39 is 11.9 Å². The Morgan fingerprint density at radius 1 is 1.14 bits per heavy atom. The summed E-state index contributed by atoms with van der Waals surface area (Å²) in [5.41, 5.74) is 0. The lowest BCUT2D eigenvalue weighted by Gasteiger charge is -1.97. The lowest BCUT2D eigenvalue weighted by molar-refractivity contribution is -0.137. The molecule has 0 N–H and O–H groups in total. The molecular weight excluding hydrogens is 184 g/mol. The van der Waals surface area contributed by atoms with Crippen molar-refractivity contribution in [2.24, 2.45) is 0 Å². The predicted molar refractivity (Wildman–Crippen MR) is 51.2 cm³/mol. The molecule has 4 nitrogen and oxygen atoms in total. The Morgan fingerprint density at radius 3 is 2.36 bits per heavy atom. The Bertz CT molecular complexity index is 253. The highest BCUT2D eigenvalue weighted by atomic mass is 16.5. The fourth-order valence-electron chi connectivity index (χ4n) is 0.518. The van der Waals surface area contributed by atoms with Crippen LogP contribution in [-0.2, 0) is 19.1 Å². The quantitative estimate of drug-likeness (QED) is 0.278. The first-order chi connectivity index (χ1) is 6.70. The molecule has 0 heterocycles. The summed E-state index contributed by atoms with van der Waals surface area (Å²) in [6.07, 6.45) is 5.41. The van der Waals surface area contributed by atoms with Crippen LogP contribution in [0, 0.1) is 0 Å². The van der Waals surface area contributed by atoms with Crippen molar-refractivity contribution in [1.82, 2.24) is 0 Å². The molecule has 0 bridgehead atoms. The summed E-state index contributed by atoms with van der Waals surface area (Å²) in [4.78, 5) is 21.0. The predicted octanol–water partition coefficient (Wildman–Crippen LogP) is 1.35. The molecule has 0 rings (SSSR count). The minimum atomic E-state index is -0.524. The summed E-state index contributed by atoms with van der Waals surface area (Å²) in [5.74, 6) is -0.995. The smallest absolute Gasteiger partial charge is 0.334 e. The number of ether oxygens (including phenoxy) is 2.